The minimum atomic E-state index is -4.40. The first-order chi connectivity index (χ1) is 16.8. The van der Waals surface area contributed by atoms with Crippen molar-refractivity contribution in [3.63, 3.8) is 0 Å². The highest BCUT2D eigenvalue weighted by atomic mass is 19.4. The van der Waals surface area contributed by atoms with Gasteiger partial charge in [-0.2, -0.15) is 18.3 Å². The molecule has 0 atom stereocenters. The van der Waals surface area contributed by atoms with Crippen LogP contribution >= 0.6 is 0 Å². The van der Waals surface area contributed by atoms with E-state index in [2.05, 4.69) is 35.5 Å². The lowest BCUT2D eigenvalue weighted by Gasteiger charge is -2.10. The Morgan fingerprint density at radius 2 is 1.77 bits per heavy atom. The van der Waals surface area contributed by atoms with Gasteiger partial charge in [-0.3, -0.25) is 9.97 Å². The Kier molecular flexibility index (Phi) is 7.09. The van der Waals surface area contributed by atoms with Gasteiger partial charge in [0.15, 0.2) is 0 Å². The van der Waals surface area contributed by atoms with Gasteiger partial charge in [0.05, 0.1) is 28.8 Å². The van der Waals surface area contributed by atoms with Crippen LogP contribution in [0.25, 0.3) is 11.3 Å². The van der Waals surface area contributed by atoms with Crippen LogP contribution in [0.1, 0.15) is 29.4 Å². The molecule has 0 aliphatic heterocycles. The molecule has 35 heavy (non-hydrogen) atoms. The fraction of sp³-hybridized carbons (Fsp3) is 0.200. The predicted octanol–water partition coefficient (Wildman–Crippen LogP) is 6.85. The smallest absolute Gasteiger partial charge is 0.354 e. The minimum Gasteiger partial charge on any atom is -0.354 e. The van der Waals surface area contributed by atoms with Crippen LogP contribution in [-0.2, 0) is 19.1 Å². The standard InChI is InChI=1S/C25H22F3N7/c1-3-19-11-17(9-10-29-19)23-16(2)13-31-24(34-23)35-32-15-21-7-8-22(14-30-21)33-20-6-4-5-18(12-20)25(26,27)28/h4-14,33H,3,15H2,1-2H3. The summed E-state index contributed by atoms with van der Waals surface area (Å²) in [5.74, 6) is 0.239. The average molecular weight is 477 g/mol. The number of aryl methyl sites for hydroxylation is 2. The summed E-state index contributed by atoms with van der Waals surface area (Å²) in [6.45, 7) is 4.17. The number of halogens is 3. The molecule has 1 N–H and O–H groups in total. The van der Waals surface area contributed by atoms with Crippen molar-refractivity contribution in [1.82, 2.24) is 19.9 Å². The van der Waals surface area contributed by atoms with E-state index >= 15 is 0 Å². The highest BCUT2D eigenvalue weighted by Gasteiger charge is 2.30. The Bertz CT molecular complexity index is 1340. The van der Waals surface area contributed by atoms with E-state index in [-0.39, 0.29) is 12.5 Å². The molecular weight excluding hydrogens is 455 g/mol. The Labute approximate surface area is 200 Å². The highest BCUT2D eigenvalue weighted by Crippen LogP contribution is 2.31. The van der Waals surface area contributed by atoms with Gasteiger partial charge < -0.3 is 5.32 Å². The van der Waals surface area contributed by atoms with Gasteiger partial charge in [-0.1, -0.05) is 13.0 Å². The first-order valence-electron chi connectivity index (χ1n) is 10.9. The molecule has 1 aromatic carbocycles. The van der Waals surface area contributed by atoms with E-state index in [9.17, 15) is 13.2 Å². The third kappa shape index (κ3) is 6.23. The molecule has 10 heteroatoms. The van der Waals surface area contributed by atoms with Crippen molar-refractivity contribution in [3.05, 3.63) is 89.6 Å². The molecule has 0 radical (unpaired) electrons. The van der Waals surface area contributed by atoms with Crippen molar-refractivity contribution in [2.45, 2.75) is 33.0 Å². The maximum Gasteiger partial charge on any atom is 0.416 e. The topological polar surface area (TPSA) is 88.3 Å². The third-order valence-corrected chi connectivity index (χ3v) is 5.11. The fourth-order valence-electron chi connectivity index (χ4n) is 3.29. The van der Waals surface area contributed by atoms with Gasteiger partial charge in [0, 0.05) is 29.3 Å². The van der Waals surface area contributed by atoms with Crippen LogP contribution < -0.4 is 5.32 Å². The van der Waals surface area contributed by atoms with Crippen LogP contribution in [0.15, 0.2) is 77.3 Å². The summed E-state index contributed by atoms with van der Waals surface area (Å²) in [6, 6.07) is 12.3. The highest BCUT2D eigenvalue weighted by molar-refractivity contribution is 5.63. The molecule has 3 aromatic heterocycles. The molecule has 3 heterocycles. The normalized spacial score (nSPS) is 11.7. The number of hydrogen-bond donors (Lipinski definition) is 1. The molecule has 0 saturated carbocycles. The summed E-state index contributed by atoms with van der Waals surface area (Å²) in [7, 11) is 0. The van der Waals surface area contributed by atoms with Gasteiger partial charge in [0.2, 0.25) is 0 Å². The van der Waals surface area contributed by atoms with E-state index in [0.717, 1.165) is 41.1 Å². The molecule has 0 amide bonds. The number of alkyl halides is 3. The molecule has 4 aromatic rings. The SMILES string of the molecule is CCc1cc(-c2nc(N=NCc3ccc(Nc4cccc(C(F)(F)F)c4)cn3)ncc2C)ccn1. The summed E-state index contributed by atoms with van der Waals surface area (Å²) < 4.78 is 38.7. The van der Waals surface area contributed by atoms with Crippen LogP contribution in [0.5, 0.6) is 0 Å². The summed E-state index contributed by atoms with van der Waals surface area (Å²) in [5, 5.41) is 11.2. The number of nitrogens with zero attached hydrogens (tertiary/aromatic N) is 6. The van der Waals surface area contributed by atoms with Crippen LogP contribution in [0.4, 0.5) is 30.5 Å². The van der Waals surface area contributed by atoms with Crippen LogP contribution in [0, 0.1) is 6.92 Å². The lowest BCUT2D eigenvalue weighted by molar-refractivity contribution is -0.137. The first kappa shape index (κ1) is 23.9. The van der Waals surface area contributed by atoms with Crippen molar-refractivity contribution in [2.24, 2.45) is 10.2 Å². The molecule has 178 valence electrons. The summed E-state index contributed by atoms with van der Waals surface area (Å²) in [4.78, 5) is 17.4. The van der Waals surface area contributed by atoms with Gasteiger partial charge in [0.1, 0.15) is 6.54 Å². The second-order valence-electron chi connectivity index (χ2n) is 7.73. The molecule has 0 unspecified atom stereocenters. The van der Waals surface area contributed by atoms with Crippen molar-refractivity contribution < 1.29 is 13.2 Å². The molecule has 0 aliphatic carbocycles. The number of hydrogen-bond acceptors (Lipinski definition) is 7. The van der Waals surface area contributed by atoms with Crippen molar-refractivity contribution >= 4 is 17.3 Å². The lowest BCUT2D eigenvalue weighted by Crippen LogP contribution is -2.05. The number of pyridine rings is 2. The average Bonchev–Trinajstić information content (AvgIpc) is 2.86. The number of nitrogens with one attached hydrogen (secondary N) is 1. The van der Waals surface area contributed by atoms with Gasteiger partial charge >= 0.3 is 6.18 Å². The van der Waals surface area contributed by atoms with Gasteiger partial charge in [0.25, 0.3) is 5.95 Å². The van der Waals surface area contributed by atoms with E-state index in [1.807, 2.05) is 26.0 Å². The Balaban J connectivity index is 1.41. The first-order valence-corrected chi connectivity index (χ1v) is 10.9. The number of aromatic nitrogens is 4. The predicted molar refractivity (Wildman–Crippen MR) is 127 cm³/mol. The second-order valence-corrected chi connectivity index (χ2v) is 7.73. The van der Waals surface area contributed by atoms with Crippen LogP contribution in [-0.4, -0.2) is 19.9 Å². The Morgan fingerprint density at radius 1 is 0.914 bits per heavy atom. The minimum absolute atomic E-state index is 0.200. The van der Waals surface area contributed by atoms with E-state index in [4.69, 9.17) is 0 Å². The van der Waals surface area contributed by atoms with Crippen LogP contribution in [0.3, 0.4) is 0 Å². The quantitative estimate of drug-likeness (QED) is 0.294. The number of azo groups is 1. The largest absolute Gasteiger partial charge is 0.416 e. The van der Waals surface area contributed by atoms with Crippen molar-refractivity contribution in [3.8, 4) is 11.3 Å². The summed E-state index contributed by atoms with van der Waals surface area (Å²) in [6.07, 6.45) is 1.42. The monoisotopic (exact) mass is 477 g/mol. The van der Waals surface area contributed by atoms with Gasteiger partial charge in [-0.15, -0.1) is 5.11 Å². The molecule has 0 fully saturated rings. The van der Waals surface area contributed by atoms with Crippen molar-refractivity contribution in [2.75, 3.05) is 5.32 Å². The van der Waals surface area contributed by atoms with Gasteiger partial charge in [-0.25, -0.2) is 9.97 Å². The number of anilines is 2. The number of rotatable bonds is 7. The summed E-state index contributed by atoms with van der Waals surface area (Å²) >= 11 is 0. The summed E-state index contributed by atoms with van der Waals surface area (Å²) in [5.41, 5.74) is 4.40. The van der Waals surface area contributed by atoms with E-state index < -0.39 is 11.7 Å². The number of benzene rings is 1. The zero-order valence-corrected chi connectivity index (χ0v) is 19.1. The zero-order chi connectivity index (χ0) is 24.8. The fourth-order valence-corrected chi connectivity index (χ4v) is 3.29. The third-order valence-electron chi connectivity index (χ3n) is 5.11. The zero-order valence-electron chi connectivity index (χ0n) is 19.1. The molecule has 0 aliphatic rings. The molecular formula is C25H22F3N7. The van der Waals surface area contributed by atoms with Crippen molar-refractivity contribution in [1.29, 1.82) is 0 Å². The lowest BCUT2D eigenvalue weighted by atomic mass is 10.1. The van der Waals surface area contributed by atoms with Gasteiger partial charge in [-0.05, 0) is 61.4 Å². The Hall–Kier alpha value is -4.21. The van der Waals surface area contributed by atoms with Crippen LogP contribution in [0.2, 0.25) is 0 Å². The second kappa shape index (κ2) is 10.4. The molecule has 0 bridgehead atoms. The molecule has 7 nitrogen and oxygen atoms in total. The molecule has 4 rings (SSSR count). The Morgan fingerprint density at radius 3 is 2.51 bits per heavy atom. The molecule has 0 saturated heterocycles. The maximum absolute atomic E-state index is 12.9. The van der Waals surface area contributed by atoms with E-state index in [1.165, 1.54) is 12.3 Å². The maximum atomic E-state index is 12.9. The van der Waals surface area contributed by atoms with E-state index in [1.54, 1.807) is 30.6 Å². The van der Waals surface area contributed by atoms with E-state index in [0.29, 0.717) is 17.1 Å². The molecule has 0 spiro atoms.